The van der Waals surface area contributed by atoms with Crippen molar-refractivity contribution >= 4 is 29.0 Å². The number of nitro benzene ring substituents is 1. The number of halogens is 1. The number of Topliss-reactive ketones (excluding diaryl/α,β-unsaturated/α-hetero) is 1. The molecule has 0 saturated heterocycles. The second kappa shape index (κ2) is 7.03. The van der Waals surface area contributed by atoms with Crippen molar-refractivity contribution in [1.82, 2.24) is 0 Å². The molecule has 0 bridgehead atoms. The number of carbonyl (C=O) groups is 2. The molecule has 0 atom stereocenters. The quantitative estimate of drug-likeness (QED) is 0.351. The lowest BCUT2D eigenvalue weighted by Crippen LogP contribution is -2.15. The molecule has 0 N–H and O–H groups in total. The van der Waals surface area contributed by atoms with Crippen molar-refractivity contribution in [3.05, 3.63) is 73.8 Å². The summed E-state index contributed by atoms with van der Waals surface area (Å²) in [5.41, 5.74) is 2.16. The van der Waals surface area contributed by atoms with E-state index in [2.05, 4.69) is 0 Å². The van der Waals surface area contributed by atoms with E-state index in [4.69, 9.17) is 16.3 Å². The Hall–Kier alpha value is -2.73. The molecule has 2 aromatic rings. The molecule has 0 amide bonds. The van der Waals surface area contributed by atoms with Gasteiger partial charge in [-0.25, -0.2) is 4.79 Å². The van der Waals surface area contributed by atoms with E-state index in [9.17, 15) is 19.7 Å². The van der Waals surface area contributed by atoms with Gasteiger partial charge >= 0.3 is 5.97 Å². The highest BCUT2D eigenvalue weighted by Gasteiger charge is 2.23. The highest BCUT2D eigenvalue weighted by Crippen LogP contribution is 2.25. The summed E-state index contributed by atoms with van der Waals surface area (Å²) in [7, 11) is 0. The maximum atomic E-state index is 12.2. The fourth-order valence-electron chi connectivity index (χ4n) is 2.87. The number of carbonyl (C=O) groups excluding carboxylic acids is 2. The van der Waals surface area contributed by atoms with E-state index in [0.717, 1.165) is 30.9 Å². The number of aryl methyl sites for hydroxylation is 2. The molecule has 25 heavy (non-hydrogen) atoms. The average molecular weight is 360 g/mol. The molecular weight excluding hydrogens is 346 g/mol. The zero-order chi connectivity index (χ0) is 18.0. The Balaban J connectivity index is 1.70. The van der Waals surface area contributed by atoms with Crippen LogP contribution < -0.4 is 0 Å². The maximum Gasteiger partial charge on any atom is 0.345 e. The standard InChI is InChI=1S/C18H14ClNO5/c19-14-6-7-15(16(9-14)20(23)24)18(22)25-10-17(21)13-5-4-11-2-1-3-12(11)8-13/h4-9H,1-3,10H2. The van der Waals surface area contributed by atoms with Crippen molar-refractivity contribution in [3.63, 3.8) is 0 Å². The summed E-state index contributed by atoms with van der Waals surface area (Å²) in [5, 5.41) is 11.2. The average Bonchev–Trinajstić information content (AvgIpc) is 3.06. The number of rotatable bonds is 5. The predicted molar refractivity (Wildman–Crippen MR) is 91.2 cm³/mol. The Bertz CT molecular complexity index is 878. The highest BCUT2D eigenvalue weighted by molar-refractivity contribution is 6.31. The number of nitrogens with zero attached hydrogens (tertiary/aromatic N) is 1. The van der Waals surface area contributed by atoms with E-state index < -0.39 is 23.2 Å². The summed E-state index contributed by atoms with van der Waals surface area (Å²) >= 11 is 5.71. The smallest absolute Gasteiger partial charge is 0.345 e. The van der Waals surface area contributed by atoms with Crippen LogP contribution in [0.2, 0.25) is 5.02 Å². The highest BCUT2D eigenvalue weighted by atomic mass is 35.5. The third-order valence-electron chi connectivity index (χ3n) is 4.13. The van der Waals surface area contributed by atoms with Gasteiger partial charge in [-0.2, -0.15) is 0 Å². The lowest BCUT2D eigenvalue weighted by molar-refractivity contribution is -0.385. The third kappa shape index (κ3) is 3.69. The Labute approximate surface area is 148 Å². The molecule has 0 heterocycles. The minimum absolute atomic E-state index is 0.137. The molecule has 0 saturated carbocycles. The zero-order valence-electron chi connectivity index (χ0n) is 13.2. The fraction of sp³-hybridized carbons (Fsp3) is 0.222. The van der Waals surface area contributed by atoms with Crippen molar-refractivity contribution < 1.29 is 19.2 Å². The van der Waals surface area contributed by atoms with E-state index in [-0.39, 0.29) is 16.4 Å². The molecule has 0 aliphatic heterocycles. The van der Waals surface area contributed by atoms with Gasteiger partial charge in [-0.05, 0) is 48.6 Å². The number of hydrogen-bond donors (Lipinski definition) is 0. The van der Waals surface area contributed by atoms with Crippen LogP contribution in [-0.2, 0) is 17.6 Å². The van der Waals surface area contributed by atoms with Gasteiger partial charge in [0.05, 0.1) is 4.92 Å². The van der Waals surface area contributed by atoms with Gasteiger partial charge < -0.3 is 4.74 Å². The van der Waals surface area contributed by atoms with E-state index in [1.165, 1.54) is 17.7 Å². The van der Waals surface area contributed by atoms with E-state index in [1.54, 1.807) is 6.07 Å². The van der Waals surface area contributed by atoms with Crippen LogP contribution in [0.1, 0.15) is 38.3 Å². The van der Waals surface area contributed by atoms with Crippen LogP contribution in [-0.4, -0.2) is 23.3 Å². The number of ketones is 1. The number of benzene rings is 2. The van der Waals surface area contributed by atoms with E-state index >= 15 is 0 Å². The molecule has 7 heteroatoms. The van der Waals surface area contributed by atoms with Gasteiger partial charge in [0.2, 0.25) is 0 Å². The molecule has 0 aromatic heterocycles. The summed E-state index contributed by atoms with van der Waals surface area (Å²) in [4.78, 5) is 34.6. The van der Waals surface area contributed by atoms with Crippen molar-refractivity contribution in [2.45, 2.75) is 19.3 Å². The van der Waals surface area contributed by atoms with Crippen molar-refractivity contribution in [1.29, 1.82) is 0 Å². The van der Waals surface area contributed by atoms with E-state index in [0.29, 0.717) is 5.56 Å². The van der Waals surface area contributed by atoms with Crippen LogP contribution in [0.25, 0.3) is 0 Å². The largest absolute Gasteiger partial charge is 0.454 e. The summed E-state index contributed by atoms with van der Waals surface area (Å²) in [6.45, 7) is -0.475. The van der Waals surface area contributed by atoms with Crippen LogP contribution in [0.5, 0.6) is 0 Å². The third-order valence-corrected chi connectivity index (χ3v) is 4.37. The van der Waals surface area contributed by atoms with Gasteiger partial charge in [-0.1, -0.05) is 23.7 Å². The maximum absolute atomic E-state index is 12.2. The normalized spacial score (nSPS) is 12.5. The van der Waals surface area contributed by atoms with Crippen LogP contribution in [0.4, 0.5) is 5.69 Å². The summed E-state index contributed by atoms with van der Waals surface area (Å²) in [6, 6.07) is 9.09. The topological polar surface area (TPSA) is 86.5 Å². The number of nitro groups is 1. The summed E-state index contributed by atoms with van der Waals surface area (Å²) in [5.74, 6) is -1.28. The van der Waals surface area contributed by atoms with Crippen LogP contribution in [0, 0.1) is 10.1 Å². The van der Waals surface area contributed by atoms with Gasteiger partial charge in [0.1, 0.15) is 5.56 Å². The molecule has 3 rings (SSSR count). The minimum Gasteiger partial charge on any atom is -0.454 e. The Kier molecular flexibility index (Phi) is 4.81. The van der Waals surface area contributed by atoms with Gasteiger partial charge in [0.25, 0.3) is 5.69 Å². The van der Waals surface area contributed by atoms with Gasteiger partial charge in [0.15, 0.2) is 12.4 Å². The van der Waals surface area contributed by atoms with Gasteiger partial charge in [-0.15, -0.1) is 0 Å². The minimum atomic E-state index is -0.933. The lowest BCUT2D eigenvalue weighted by atomic mass is 10.0. The predicted octanol–water partition coefficient (Wildman–Crippen LogP) is 3.78. The molecule has 1 aliphatic carbocycles. The number of esters is 1. The van der Waals surface area contributed by atoms with Crippen LogP contribution >= 0.6 is 11.6 Å². The Morgan fingerprint density at radius 3 is 2.64 bits per heavy atom. The molecule has 6 nitrogen and oxygen atoms in total. The Morgan fingerprint density at radius 1 is 1.12 bits per heavy atom. The number of hydrogen-bond acceptors (Lipinski definition) is 5. The first-order valence-corrected chi connectivity index (χ1v) is 8.09. The molecule has 0 unspecified atom stereocenters. The molecule has 0 fully saturated rings. The van der Waals surface area contributed by atoms with Gasteiger partial charge in [-0.3, -0.25) is 14.9 Å². The van der Waals surface area contributed by atoms with Crippen LogP contribution in [0.3, 0.4) is 0 Å². The number of fused-ring (bicyclic) bond motifs is 1. The first-order valence-electron chi connectivity index (χ1n) is 7.72. The molecule has 1 aliphatic rings. The molecule has 128 valence electrons. The van der Waals surface area contributed by atoms with E-state index in [1.807, 2.05) is 12.1 Å². The fourth-order valence-corrected chi connectivity index (χ4v) is 3.03. The number of ether oxygens (including phenoxy) is 1. The second-order valence-corrected chi connectivity index (χ2v) is 6.19. The van der Waals surface area contributed by atoms with Crippen molar-refractivity contribution in [3.8, 4) is 0 Å². The van der Waals surface area contributed by atoms with Crippen molar-refractivity contribution in [2.75, 3.05) is 6.61 Å². The first-order chi connectivity index (χ1) is 12.0. The molecule has 0 radical (unpaired) electrons. The second-order valence-electron chi connectivity index (χ2n) is 5.75. The summed E-state index contributed by atoms with van der Waals surface area (Å²) in [6.07, 6.45) is 3.02. The van der Waals surface area contributed by atoms with Crippen molar-refractivity contribution in [2.24, 2.45) is 0 Å². The van der Waals surface area contributed by atoms with Crippen LogP contribution in [0.15, 0.2) is 36.4 Å². The monoisotopic (exact) mass is 359 g/mol. The first kappa shape index (κ1) is 17.1. The zero-order valence-corrected chi connectivity index (χ0v) is 13.9. The summed E-state index contributed by atoms with van der Waals surface area (Å²) < 4.78 is 4.96. The lowest BCUT2D eigenvalue weighted by Gasteiger charge is -2.07. The molecule has 2 aromatic carbocycles. The van der Waals surface area contributed by atoms with Gasteiger partial charge in [0, 0.05) is 16.7 Å². The Morgan fingerprint density at radius 2 is 1.88 bits per heavy atom. The molecule has 0 spiro atoms. The SMILES string of the molecule is O=C(COC(=O)c1ccc(Cl)cc1[N+](=O)[O-])c1ccc2c(c1)CCC2. The molecular formula is C18H14ClNO5.